The maximum absolute atomic E-state index is 12.5. The fraction of sp³-hybridized carbons (Fsp3) is 0.0500. The lowest BCUT2D eigenvalue weighted by atomic mass is 9.69. The zero-order chi connectivity index (χ0) is 18.0. The number of rotatable bonds is 4. The number of benzene rings is 3. The first-order chi connectivity index (χ1) is 11.9. The summed E-state index contributed by atoms with van der Waals surface area (Å²) in [5.74, 6) is -1.03. The van der Waals surface area contributed by atoms with Crippen molar-refractivity contribution in [3.05, 3.63) is 89.5 Å². The van der Waals surface area contributed by atoms with Crippen LogP contribution in [0.15, 0.2) is 72.8 Å². The van der Waals surface area contributed by atoms with Crippen LogP contribution >= 0.6 is 0 Å². The molecule has 0 amide bonds. The molecule has 126 valence electrons. The normalized spacial score (nSPS) is 11.2. The number of carboxylic acid groups (broad SMARTS) is 1. The van der Waals surface area contributed by atoms with Gasteiger partial charge in [-0.3, -0.25) is 4.79 Å². The van der Waals surface area contributed by atoms with Crippen molar-refractivity contribution in [3.8, 4) is 17.2 Å². The van der Waals surface area contributed by atoms with Gasteiger partial charge in [0.05, 0.1) is 0 Å². The number of carbonyl (C=O) groups is 1. The third-order valence-electron chi connectivity index (χ3n) is 4.22. The van der Waals surface area contributed by atoms with Crippen LogP contribution in [0, 0.1) is 0 Å². The van der Waals surface area contributed by atoms with Crippen LogP contribution in [0.5, 0.6) is 17.2 Å². The second-order valence-electron chi connectivity index (χ2n) is 5.70. The lowest BCUT2D eigenvalue weighted by molar-refractivity contribution is -0.140. The number of hydrogen-bond donors (Lipinski definition) is 4. The summed E-state index contributed by atoms with van der Waals surface area (Å²) in [5, 5.41) is 38.9. The van der Waals surface area contributed by atoms with E-state index < -0.39 is 11.4 Å². The van der Waals surface area contributed by atoms with Gasteiger partial charge in [-0.15, -0.1) is 0 Å². The molecule has 5 nitrogen and oxygen atoms in total. The smallest absolute Gasteiger partial charge is 0.323 e. The first-order valence-corrected chi connectivity index (χ1v) is 7.56. The topological polar surface area (TPSA) is 98.0 Å². The van der Waals surface area contributed by atoms with Gasteiger partial charge >= 0.3 is 5.97 Å². The van der Waals surface area contributed by atoms with Crippen LogP contribution in [0.1, 0.15) is 16.7 Å². The van der Waals surface area contributed by atoms with E-state index in [1.165, 1.54) is 36.4 Å². The molecule has 25 heavy (non-hydrogen) atoms. The molecular formula is C20H16O5. The number of phenolic OH excluding ortho intramolecular Hbond substituents is 3. The minimum absolute atomic E-state index is 0.0273. The van der Waals surface area contributed by atoms with E-state index in [9.17, 15) is 25.2 Å². The van der Waals surface area contributed by atoms with Crippen LogP contribution in [0.3, 0.4) is 0 Å². The predicted octanol–water partition coefficient (Wildman–Crippen LogP) is 3.22. The molecule has 0 radical (unpaired) electrons. The molecule has 3 aromatic rings. The summed E-state index contributed by atoms with van der Waals surface area (Å²) in [7, 11) is 0. The molecule has 4 N–H and O–H groups in total. The van der Waals surface area contributed by atoms with Crippen molar-refractivity contribution in [1.82, 2.24) is 0 Å². The van der Waals surface area contributed by atoms with Gasteiger partial charge in [0.2, 0.25) is 0 Å². The van der Waals surface area contributed by atoms with Crippen molar-refractivity contribution in [1.29, 1.82) is 0 Å². The highest BCUT2D eigenvalue weighted by Crippen LogP contribution is 2.41. The highest BCUT2D eigenvalue weighted by molar-refractivity contribution is 5.91. The van der Waals surface area contributed by atoms with E-state index in [1.807, 2.05) is 0 Å². The largest absolute Gasteiger partial charge is 0.508 e. The molecule has 0 unspecified atom stereocenters. The molecule has 0 atom stereocenters. The minimum atomic E-state index is -1.56. The Kier molecular flexibility index (Phi) is 4.07. The molecule has 3 aromatic carbocycles. The molecule has 0 aliphatic carbocycles. The highest BCUT2D eigenvalue weighted by Gasteiger charge is 2.44. The molecule has 0 bridgehead atoms. The van der Waals surface area contributed by atoms with Gasteiger partial charge in [0.1, 0.15) is 22.7 Å². The number of phenols is 3. The monoisotopic (exact) mass is 336 g/mol. The number of aliphatic carboxylic acids is 1. The summed E-state index contributed by atoms with van der Waals surface area (Å²) in [6.45, 7) is 0. The molecule has 0 aromatic heterocycles. The standard InChI is InChI=1S/C20H16O5/c21-16-7-1-13(2-8-16)20(19(24)25,14-3-9-17(22)10-4-14)15-5-11-18(23)12-6-15/h1-12,21-23H,(H,24,25). The van der Waals surface area contributed by atoms with Crippen molar-refractivity contribution < 1.29 is 25.2 Å². The van der Waals surface area contributed by atoms with Crippen LogP contribution in [0.2, 0.25) is 0 Å². The number of carboxylic acids is 1. The van der Waals surface area contributed by atoms with Crippen LogP contribution < -0.4 is 0 Å². The Morgan fingerprint density at radius 2 is 0.800 bits per heavy atom. The Morgan fingerprint density at radius 3 is 1.00 bits per heavy atom. The quantitative estimate of drug-likeness (QED) is 0.548. The van der Waals surface area contributed by atoms with Gasteiger partial charge < -0.3 is 20.4 Å². The van der Waals surface area contributed by atoms with E-state index in [0.29, 0.717) is 16.7 Å². The Morgan fingerprint density at radius 1 is 0.560 bits per heavy atom. The second-order valence-corrected chi connectivity index (χ2v) is 5.70. The summed E-state index contributed by atoms with van der Waals surface area (Å²) in [6.07, 6.45) is 0. The third kappa shape index (κ3) is 2.76. The molecule has 0 saturated carbocycles. The van der Waals surface area contributed by atoms with Gasteiger partial charge in [-0.25, -0.2) is 0 Å². The van der Waals surface area contributed by atoms with Crippen LogP contribution in [-0.2, 0) is 10.2 Å². The van der Waals surface area contributed by atoms with Crippen LogP contribution in [-0.4, -0.2) is 26.4 Å². The lowest BCUT2D eigenvalue weighted by Crippen LogP contribution is -2.38. The predicted molar refractivity (Wildman–Crippen MR) is 91.8 cm³/mol. The fourth-order valence-electron chi connectivity index (χ4n) is 3.00. The summed E-state index contributed by atoms with van der Waals surface area (Å²) >= 11 is 0. The summed E-state index contributed by atoms with van der Waals surface area (Å²) < 4.78 is 0. The van der Waals surface area contributed by atoms with Gasteiger partial charge in [0, 0.05) is 0 Å². The first-order valence-electron chi connectivity index (χ1n) is 7.56. The van der Waals surface area contributed by atoms with E-state index in [0.717, 1.165) is 0 Å². The van der Waals surface area contributed by atoms with Crippen molar-refractivity contribution in [2.45, 2.75) is 5.41 Å². The molecule has 5 heteroatoms. The number of aromatic hydroxyl groups is 3. The van der Waals surface area contributed by atoms with E-state index in [1.54, 1.807) is 36.4 Å². The summed E-state index contributed by atoms with van der Waals surface area (Å²) in [5.41, 5.74) is -0.243. The third-order valence-corrected chi connectivity index (χ3v) is 4.22. The van der Waals surface area contributed by atoms with Crippen molar-refractivity contribution >= 4 is 5.97 Å². The average molecular weight is 336 g/mol. The molecule has 0 fully saturated rings. The zero-order valence-corrected chi connectivity index (χ0v) is 13.1. The van der Waals surface area contributed by atoms with Gasteiger partial charge in [0.25, 0.3) is 0 Å². The van der Waals surface area contributed by atoms with Crippen LogP contribution in [0.25, 0.3) is 0 Å². The summed E-state index contributed by atoms with van der Waals surface area (Å²) in [4.78, 5) is 12.5. The van der Waals surface area contributed by atoms with E-state index >= 15 is 0 Å². The Labute approximate surface area is 144 Å². The lowest BCUT2D eigenvalue weighted by Gasteiger charge is -2.31. The molecule has 0 aliphatic rings. The van der Waals surface area contributed by atoms with Gasteiger partial charge in [-0.1, -0.05) is 36.4 Å². The Hall–Kier alpha value is -3.47. The maximum Gasteiger partial charge on any atom is 0.323 e. The van der Waals surface area contributed by atoms with Crippen molar-refractivity contribution in [2.75, 3.05) is 0 Å². The molecule has 0 saturated heterocycles. The fourth-order valence-corrected chi connectivity index (χ4v) is 3.00. The average Bonchev–Trinajstić information content (AvgIpc) is 2.60. The molecular weight excluding hydrogens is 320 g/mol. The first kappa shape index (κ1) is 16.4. The molecule has 0 aliphatic heterocycles. The zero-order valence-electron chi connectivity index (χ0n) is 13.1. The van der Waals surface area contributed by atoms with Crippen molar-refractivity contribution in [3.63, 3.8) is 0 Å². The molecule has 0 heterocycles. The molecule has 3 rings (SSSR count). The SMILES string of the molecule is O=C(O)C(c1ccc(O)cc1)(c1ccc(O)cc1)c1ccc(O)cc1. The minimum Gasteiger partial charge on any atom is -0.508 e. The van der Waals surface area contributed by atoms with E-state index in [2.05, 4.69) is 0 Å². The van der Waals surface area contributed by atoms with Crippen LogP contribution in [0.4, 0.5) is 0 Å². The highest BCUT2D eigenvalue weighted by atomic mass is 16.4. The number of hydrogen-bond acceptors (Lipinski definition) is 4. The molecule has 0 spiro atoms. The van der Waals surface area contributed by atoms with Gasteiger partial charge in [-0.05, 0) is 53.1 Å². The van der Waals surface area contributed by atoms with Gasteiger partial charge in [0.15, 0.2) is 0 Å². The van der Waals surface area contributed by atoms with E-state index in [-0.39, 0.29) is 17.2 Å². The van der Waals surface area contributed by atoms with Gasteiger partial charge in [-0.2, -0.15) is 0 Å². The van der Waals surface area contributed by atoms with Crippen molar-refractivity contribution in [2.24, 2.45) is 0 Å². The van der Waals surface area contributed by atoms with E-state index in [4.69, 9.17) is 0 Å². The summed E-state index contributed by atoms with van der Waals surface area (Å²) in [6, 6.07) is 17.8. The Bertz CT molecular complexity index is 770. The maximum atomic E-state index is 12.5. The second kappa shape index (κ2) is 6.20. The Balaban J connectivity index is 2.35.